The highest BCUT2D eigenvalue weighted by molar-refractivity contribution is 6.31. The molecule has 0 bridgehead atoms. The lowest BCUT2D eigenvalue weighted by atomic mass is 10.1. The molecule has 2 aliphatic heterocycles. The van der Waals surface area contributed by atoms with Crippen molar-refractivity contribution in [3.05, 3.63) is 29.0 Å². The van der Waals surface area contributed by atoms with Crippen LogP contribution < -0.4 is 4.90 Å². The Morgan fingerprint density at radius 1 is 1.24 bits per heavy atom. The zero-order valence-corrected chi connectivity index (χ0v) is 16.0. The third kappa shape index (κ3) is 4.85. The number of hydrogen-bond donors (Lipinski definition) is 0. The number of piperazine rings is 1. The van der Waals surface area contributed by atoms with E-state index >= 15 is 0 Å². The van der Waals surface area contributed by atoms with Crippen molar-refractivity contribution in [1.82, 2.24) is 9.80 Å². The SMILES string of the molecule is CC[C@@H](C)N1CCO[C@H](CN2CCN(c3ccc(F)c(Cl)c3)CC2)C1. The molecule has 25 heavy (non-hydrogen) atoms. The number of benzene rings is 1. The average Bonchev–Trinajstić information content (AvgIpc) is 2.64. The molecule has 2 atom stereocenters. The number of hydrogen-bond acceptors (Lipinski definition) is 4. The lowest BCUT2D eigenvalue weighted by molar-refractivity contribution is -0.0548. The smallest absolute Gasteiger partial charge is 0.141 e. The Morgan fingerprint density at radius 3 is 2.68 bits per heavy atom. The van der Waals surface area contributed by atoms with Gasteiger partial charge >= 0.3 is 0 Å². The van der Waals surface area contributed by atoms with Gasteiger partial charge in [0.15, 0.2) is 0 Å². The van der Waals surface area contributed by atoms with E-state index in [-0.39, 0.29) is 10.8 Å². The van der Waals surface area contributed by atoms with Crippen molar-refractivity contribution in [3.8, 4) is 0 Å². The molecule has 1 aromatic rings. The third-order valence-corrected chi connectivity index (χ3v) is 5.78. The first kappa shape index (κ1) is 18.9. The third-order valence-electron chi connectivity index (χ3n) is 5.49. The van der Waals surface area contributed by atoms with E-state index in [4.69, 9.17) is 16.3 Å². The summed E-state index contributed by atoms with van der Waals surface area (Å²) >= 11 is 5.91. The Morgan fingerprint density at radius 2 is 2.00 bits per heavy atom. The molecule has 4 nitrogen and oxygen atoms in total. The van der Waals surface area contributed by atoms with Gasteiger partial charge in [-0.15, -0.1) is 0 Å². The topological polar surface area (TPSA) is 19.0 Å². The van der Waals surface area contributed by atoms with Crippen LogP contribution in [-0.4, -0.2) is 74.4 Å². The van der Waals surface area contributed by atoms with Gasteiger partial charge in [-0.2, -0.15) is 0 Å². The molecule has 6 heteroatoms. The molecule has 0 aliphatic carbocycles. The van der Waals surface area contributed by atoms with Crippen LogP contribution in [0.5, 0.6) is 0 Å². The monoisotopic (exact) mass is 369 g/mol. The van der Waals surface area contributed by atoms with Crippen molar-refractivity contribution in [3.63, 3.8) is 0 Å². The first-order valence-electron chi connectivity index (χ1n) is 9.34. The maximum atomic E-state index is 13.3. The van der Waals surface area contributed by atoms with Crippen LogP contribution in [0, 0.1) is 5.82 Å². The van der Waals surface area contributed by atoms with E-state index in [2.05, 4.69) is 28.5 Å². The fourth-order valence-electron chi connectivity index (χ4n) is 3.67. The van der Waals surface area contributed by atoms with Crippen molar-refractivity contribution < 1.29 is 9.13 Å². The highest BCUT2D eigenvalue weighted by Gasteiger charge is 2.26. The molecule has 0 amide bonds. The lowest BCUT2D eigenvalue weighted by Gasteiger charge is -2.41. The molecule has 3 rings (SSSR count). The normalized spacial score (nSPS) is 24.5. The van der Waals surface area contributed by atoms with Crippen LogP contribution in [0.1, 0.15) is 20.3 Å². The summed E-state index contributed by atoms with van der Waals surface area (Å²) in [6, 6.07) is 5.61. The summed E-state index contributed by atoms with van der Waals surface area (Å²) in [5.74, 6) is -0.357. The predicted octanol–water partition coefficient (Wildman–Crippen LogP) is 3.10. The van der Waals surface area contributed by atoms with Crippen LogP contribution in [0.15, 0.2) is 18.2 Å². The Bertz CT molecular complexity index is 566. The average molecular weight is 370 g/mol. The van der Waals surface area contributed by atoms with Gasteiger partial charge in [0.05, 0.1) is 17.7 Å². The molecule has 0 N–H and O–H groups in total. The number of anilines is 1. The summed E-state index contributed by atoms with van der Waals surface area (Å²) in [6.45, 7) is 12.3. The summed E-state index contributed by atoms with van der Waals surface area (Å²) in [5.41, 5.74) is 1.00. The minimum atomic E-state index is -0.357. The first-order chi connectivity index (χ1) is 12.1. The molecule has 0 radical (unpaired) electrons. The van der Waals surface area contributed by atoms with E-state index in [0.717, 1.165) is 58.1 Å². The van der Waals surface area contributed by atoms with E-state index in [0.29, 0.717) is 12.1 Å². The van der Waals surface area contributed by atoms with Crippen molar-refractivity contribution in [2.24, 2.45) is 0 Å². The molecule has 2 aliphatic rings. The Kier molecular flexibility index (Phi) is 6.55. The number of morpholine rings is 1. The summed E-state index contributed by atoms with van der Waals surface area (Å²) < 4.78 is 19.3. The molecule has 1 aromatic carbocycles. The minimum absolute atomic E-state index is 0.195. The largest absolute Gasteiger partial charge is 0.374 e. The summed E-state index contributed by atoms with van der Waals surface area (Å²) in [5, 5.41) is 0.195. The van der Waals surface area contributed by atoms with Crippen LogP contribution in [0.4, 0.5) is 10.1 Å². The van der Waals surface area contributed by atoms with Crippen LogP contribution in [0.2, 0.25) is 5.02 Å². The molecule has 2 fully saturated rings. The molecule has 0 unspecified atom stereocenters. The van der Waals surface area contributed by atoms with Gasteiger partial charge in [0.1, 0.15) is 5.82 Å². The first-order valence-corrected chi connectivity index (χ1v) is 9.72. The number of nitrogens with zero attached hydrogens (tertiary/aromatic N) is 3. The minimum Gasteiger partial charge on any atom is -0.374 e. The maximum Gasteiger partial charge on any atom is 0.141 e. The molecule has 140 valence electrons. The number of halogens is 2. The van der Waals surface area contributed by atoms with Crippen molar-refractivity contribution in [2.75, 3.05) is 57.3 Å². The van der Waals surface area contributed by atoms with Crippen molar-refractivity contribution in [2.45, 2.75) is 32.4 Å². The van der Waals surface area contributed by atoms with E-state index in [9.17, 15) is 4.39 Å². The van der Waals surface area contributed by atoms with Crippen LogP contribution in [0.3, 0.4) is 0 Å². The van der Waals surface area contributed by atoms with Crippen LogP contribution in [0.25, 0.3) is 0 Å². The van der Waals surface area contributed by atoms with Gasteiger partial charge in [0.25, 0.3) is 0 Å². The molecule has 0 saturated carbocycles. The summed E-state index contributed by atoms with van der Waals surface area (Å²) in [6.07, 6.45) is 1.49. The zero-order chi connectivity index (χ0) is 17.8. The molecular weight excluding hydrogens is 341 g/mol. The molecular formula is C19H29ClFN3O. The molecule has 0 aromatic heterocycles. The maximum absolute atomic E-state index is 13.3. The molecule has 2 saturated heterocycles. The van der Waals surface area contributed by atoms with Gasteiger partial charge in [0, 0.05) is 57.5 Å². The Hall–Kier alpha value is -0.880. The molecule has 0 spiro atoms. The second kappa shape index (κ2) is 8.67. The van der Waals surface area contributed by atoms with Crippen LogP contribution in [-0.2, 0) is 4.74 Å². The highest BCUT2D eigenvalue weighted by atomic mass is 35.5. The quantitative estimate of drug-likeness (QED) is 0.793. The van der Waals surface area contributed by atoms with Crippen LogP contribution >= 0.6 is 11.6 Å². The Balaban J connectivity index is 1.48. The zero-order valence-electron chi connectivity index (χ0n) is 15.3. The molecule has 2 heterocycles. The number of rotatable bonds is 5. The van der Waals surface area contributed by atoms with Gasteiger partial charge in [-0.25, -0.2) is 4.39 Å². The van der Waals surface area contributed by atoms with Gasteiger partial charge in [-0.1, -0.05) is 18.5 Å². The fraction of sp³-hybridized carbons (Fsp3) is 0.684. The van der Waals surface area contributed by atoms with Gasteiger partial charge < -0.3 is 9.64 Å². The van der Waals surface area contributed by atoms with E-state index in [1.165, 1.54) is 12.5 Å². The second-order valence-corrected chi connectivity index (χ2v) is 7.54. The van der Waals surface area contributed by atoms with Gasteiger partial charge in [0.2, 0.25) is 0 Å². The summed E-state index contributed by atoms with van der Waals surface area (Å²) in [4.78, 5) is 7.30. The summed E-state index contributed by atoms with van der Waals surface area (Å²) in [7, 11) is 0. The second-order valence-electron chi connectivity index (χ2n) is 7.13. The van der Waals surface area contributed by atoms with Crippen molar-refractivity contribution >= 4 is 17.3 Å². The lowest BCUT2D eigenvalue weighted by Crippen LogP contribution is -2.53. The van der Waals surface area contributed by atoms with Gasteiger partial charge in [-0.05, 0) is 31.5 Å². The number of ether oxygens (including phenoxy) is 1. The van der Waals surface area contributed by atoms with Gasteiger partial charge in [-0.3, -0.25) is 9.80 Å². The fourth-order valence-corrected chi connectivity index (χ4v) is 3.84. The van der Waals surface area contributed by atoms with Crippen molar-refractivity contribution in [1.29, 1.82) is 0 Å². The Labute approximate surface area is 155 Å². The van der Waals surface area contributed by atoms with E-state index < -0.39 is 0 Å². The highest BCUT2D eigenvalue weighted by Crippen LogP contribution is 2.24. The van der Waals surface area contributed by atoms with E-state index in [1.54, 1.807) is 6.07 Å². The predicted molar refractivity (Wildman–Crippen MR) is 101 cm³/mol. The van der Waals surface area contributed by atoms with E-state index in [1.807, 2.05) is 6.07 Å². The standard InChI is InChI=1S/C19H29ClFN3O/c1-3-15(2)24-10-11-25-17(14-24)13-22-6-8-23(9-7-22)16-4-5-19(21)18(20)12-16/h4-5,12,15,17H,3,6-11,13-14H2,1-2H3/t15-,17-/m1/s1.